The molecule has 0 atom stereocenters. The quantitative estimate of drug-likeness (QED) is 0.609. The molecule has 16 heavy (non-hydrogen) atoms. The minimum Gasteiger partial charge on any atom is -0.431 e. The highest BCUT2D eigenvalue weighted by molar-refractivity contribution is 9.08. The Labute approximate surface area is 97.3 Å². The predicted molar refractivity (Wildman–Crippen MR) is 52.3 cm³/mol. The van der Waals surface area contributed by atoms with E-state index in [0.29, 0.717) is 5.56 Å². The van der Waals surface area contributed by atoms with Crippen molar-refractivity contribution in [3.63, 3.8) is 0 Å². The van der Waals surface area contributed by atoms with Gasteiger partial charge in [-0.25, -0.2) is 0 Å². The van der Waals surface area contributed by atoms with Crippen molar-refractivity contribution in [2.24, 2.45) is 0 Å². The van der Waals surface area contributed by atoms with Crippen molar-refractivity contribution in [1.82, 2.24) is 0 Å². The molecule has 0 unspecified atom stereocenters. The topological polar surface area (TPSA) is 18.5 Å². The van der Waals surface area contributed by atoms with Gasteiger partial charge in [0, 0.05) is 10.9 Å². The Morgan fingerprint density at radius 3 is 2.19 bits per heavy atom. The van der Waals surface area contributed by atoms with Crippen LogP contribution in [0, 0.1) is 0 Å². The van der Waals surface area contributed by atoms with Crippen LogP contribution < -0.4 is 9.47 Å². The second-order valence-electron chi connectivity index (χ2n) is 2.64. The van der Waals surface area contributed by atoms with Gasteiger partial charge in [0.05, 0.1) is 0 Å². The molecule has 7 heteroatoms. The van der Waals surface area contributed by atoms with E-state index in [-0.39, 0.29) is 11.1 Å². The summed E-state index contributed by atoms with van der Waals surface area (Å²) in [6, 6.07) is 4.01. The predicted octanol–water partition coefficient (Wildman–Crippen LogP) is 3.78. The van der Waals surface area contributed by atoms with Crippen molar-refractivity contribution in [2.45, 2.75) is 18.6 Å². The normalized spacial score (nSPS) is 10.9. The van der Waals surface area contributed by atoms with Crippen LogP contribution in [0.2, 0.25) is 0 Å². The van der Waals surface area contributed by atoms with E-state index in [9.17, 15) is 17.6 Å². The molecular formula is C9H7BrF4O2. The van der Waals surface area contributed by atoms with Crippen LogP contribution in [0.15, 0.2) is 18.2 Å². The largest absolute Gasteiger partial charge is 0.431 e. The molecule has 1 aromatic rings. The van der Waals surface area contributed by atoms with E-state index in [1.807, 2.05) is 0 Å². The van der Waals surface area contributed by atoms with Crippen LogP contribution in [-0.2, 0) is 5.33 Å². The molecule has 0 aliphatic rings. The number of rotatable bonds is 5. The SMILES string of the molecule is FC(F)Oc1cccc(CBr)c1OC(F)F. The van der Waals surface area contributed by atoms with Gasteiger partial charge in [-0.15, -0.1) is 0 Å². The molecule has 0 bridgehead atoms. The molecule has 0 heterocycles. The third kappa shape index (κ3) is 3.55. The smallest absolute Gasteiger partial charge is 0.387 e. The number of hydrogen-bond donors (Lipinski definition) is 0. The molecule has 0 spiro atoms. The summed E-state index contributed by atoms with van der Waals surface area (Å²) in [6.07, 6.45) is 0. The second-order valence-corrected chi connectivity index (χ2v) is 3.20. The first kappa shape index (κ1) is 13.1. The van der Waals surface area contributed by atoms with Crippen molar-refractivity contribution in [2.75, 3.05) is 0 Å². The summed E-state index contributed by atoms with van der Waals surface area (Å²) in [6.45, 7) is -6.19. The van der Waals surface area contributed by atoms with Crippen LogP contribution in [0.5, 0.6) is 11.5 Å². The van der Waals surface area contributed by atoms with E-state index in [4.69, 9.17) is 0 Å². The minimum atomic E-state index is -3.10. The molecule has 0 N–H and O–H groups in total. The van der Waals surface area contributed by atoms with E-state index >= 15 is 0 Å². The van der Waals surface area contributed by atoms with Crippen molar-refractivity contribution in [3.05, 3.63) is 23.8 Å². The van der Waals surface area contributed by atoms with Gasteiger partial charge in [-0.2, -0.15) is 17.6 Å². The fraction of sp³-hybridized carbons (Fsp3) is 0.333. The summed E-state index contributed by atoms with van der Waals surface area (Å²) in [4.78, 5) is 0. The van der Waals surface area contributed by atoms with E-state index in [1.54, 1.807) is 0 Å². The van der Waals surface area contributed by atoms with E-state index < -0.39 is 19.0 Å². The van der Waals surface area contributed by atoms with Crippen molar-refractivity contribution < 1.29 is 27.0 Å². The van der Waals surface area contributed by atoms with Crippen molar-refractivity contribution in [3.8, 4) is 11.5 Å². The molecule has 0 saturated carbocycles. The highest BCUT2D eigenvalue weighted by atomic mass is 79.9. The van der Waals surface area contributed by atoms with Gasteiger partial charge in [0.2, 0.25) is 0 Å². The first-order valence-electron chi connectivity index (χ1n) is 4.12. The number of benzene rings is 1. The zero-order valence-corrected chi connectivity index (χ0v) is 9.39. The van der Waals surface area contributed by atoms with Crippen molar-refractivity contribution in [1.29, 1.82) is 0 Å². The lowest BCUT2D eigenvalue weighted by atomic mass is 10.2. The van der Waals surface area contributed by atoms with Crippen LogP contribution in [0.3, 0.4) is 0 Å². The zero-order chi connectivity index (χ0) is 12.1. The summed E-state index contributed by atoms with van der Waals surface area (Å²) >= 11 is 3.03. The number of halogens is 5. The van der Waals surface area contributed by atoms with Crippen LogP contribution in [0.25, 0.3) is 0 Å². The number of para-hydroxylation sites is 1. The van der Waals surface area contributed by atoms with E-state index in [2.05, 4.69) is 25.4 Å². The van der Waals surface area contributed by atoms with Gasteiger partial charge in [-0.1, -0.05) is 28.1 Å². The summed E-state index contributed by atoms with van der Waals surface area (Å²) in [5.41, 5.74) is 0.304. The lowest BCUT2D eigenvalue weighted by Gasteiger charge is -2.14. The van der Waals surface area contributed by atoms with Gasteiger partial charge in [0.1, 0.15) is 0 Å². The first-order chi connectivity index (χ1) is 7.54. The maximum absolute atomic E-state index is 12.1. The summed E-state index contributed by atoms with van der Waals surface area (Å²) in [5, 5.41) is 0.190. The van der Waals surface area contributed by atoms with Crippen LogP contribution in [0.4, 0.5) is 17.6 Å². The number of alkyl halides is 5. The molecule has 1 aromatic carbocycles. The molecule has 0 radical (unpaired) electrons. The number of ether oxygens (including phenoxy) is 2. The summed E-state index contributed by atoms with van der Waals surface area (Å²) in [7, 11) is 0. The molecule has 0 aromatic heterocycles. The Kier molecular flexibility index (Phi) is 4.85. The molecule has 0 amide bonds. The molecule has 0 fully saturated rings. The Morgan fingerprint density at radius 2 is 1.69 bits per heavy atom. The third-order valence-electron chi connectivity index (χ3n) is 1.63. The van der Waals surface area contributed by atoms with E-state index in [0.717, 1.165) is 6.07 Å². The highest BCUT2D eigenvalue weighted by Crippen LogP contribution is 2.34. The molecule has 90 valence electrons. The van der Waals surface area contributed by atoms with Gasteiger partial charge >= 0.3 is 13.2 Å². The number of hydrogen-bond acceptors (Lipinski definition) is 2. The minimum absolute atomic E-state index is 0.190. The van der Waals surface area contributed by atoms with Crippen LogP contribution in [-0.4, -0.2) is 13.2 Å². The van der Waals surface area contributed by atoms with Crippen LogP contribution >= 0.6 is 15.9 Å². The Hall–Kier alpha value is -0.980. The maximum Gasteiger partial charge on any atom is 0.387 e. The standard InChI is InChI=1S/C9H7BrF4O2/c10-4-5-2-1-3-6(15-8(11)12)7(5)16-9(13)14/h1-3,8-9H,4H2. The van der Waals surface area contributed by atoms with Gasteiger partial charge in [-0.3, -0.25) is 0 Å². The zero-order valence-electron chi connectivity index (χ0n) is 7.80. The molecule has 0 aliphatic carbocycles. The fourth-order valence-corrected chi connectivity index (χ4v) is 1.52. The Balaban J connectivity index is 3.04. The summed E-state index contributed by atoms with van der Waals surface area (Å²) < 4.78 is 56.4. The lowest BCUT2D eigenvalue weighted by Crippen LogP contribution is -2.09. The van der Waals surface area contributed by atoms with Gasteiger partial charge in [0.25, 0.3) is 0 Å². The average Bonchev–Trinajstić information content (AvgIpc) is 2.19. The molecule has 1 rings (SSSR count). The van der Waals surface area contributed by atoms with Gasteiger partial charge in [0.15, 0.2) is 11.5 Å². The first-order valence-corrected chi connectivity index (χ1v) is 5.24. The maximum atomic E-state index is 12.1. The third-order valence-corrected chi connectivity index (χ3v) is 2.23. The molecular weight excluding hydrogens is 296 g/mol. The van der Waals surface area contributed by atoms with E-state index in [1.165, 1.54) is 12.1 Å². The van der Waals surface area contributed by atoms with Crippen LogP contribution in [0.1, 0.15) is 5.56 Å². The van der Waals surface area contributed by atoms with Gasteiger partial charge < -0.3 is 9.47 Å². The summed E-state index contributed by atoms with van der Waals surface area (Å²) in [5.74, 6) is -0.790. The molecule has 2 nitrogen and oxygen atoms in total. The Morgan fingerprint density at radius 1 is 1.06 bits per heavy atom. The Bertz CT molecular complexity index is 346. The second kappa shape index (κ2) is 5.93. The average molecular weight is 303 g/mol. The van der Waals surface area contributed by atoms with Gasteiger partial charge in [-0.05, 0) is 6.07 Å². The fourth-order valence-electron chi connectivity index (χ4n) is 1.08. The lowest BCUT2D eigenvalue weighted by molar-refractivity contribution is -0.0695. The highest BCUT2D eigenvalue weighted by Gasteiger charge is 2.17. The molecule has 0 aliphatic heterocycles. The monoisotopic (exact) mass is 302 g/mol. The molecule has 0 saturated heterocycles. The van der Waals surface area contributed by atoms with Crippen molar-refractivity contribution >= 4 is 15.9 Å².